The summed E-state index contributed by atoms with van der Waals surface area (Å²) in [5.41, 5.74) is 2.73. The highest BCUT2D eigenvalue weighted by Crippen LogP contribution is 2.48. The average molecular weight is 194 g/mol. The molecule has 0 heteroatoms. The maximum Gasteiger partial charge on any atom is -0.0268 e. The van der Waals surface area contributed by atoms with Gasteiger partial charge in [0.05, 0.1) is 0 Å². The van der Waals surface area contributed by atoms with E-state index in [-0.39, 0.29) is 0 Å². The molecule has 1 saturated carbocycles. The Balaban J connectivity index is 2.71. The van der Waals surface area contributed by atoms with Crippen molar-refractivity contribution < 1.29 is 0 Å². The number of hydrogen-bond donors (Lipinski definition) is 0. The van der Waals surface area contributed by atoms with E-state index in [4.69, 9.17) is 0 Å². The summed E-state index contributed by atoms with van der Waals surface area (Å²) in [5.74, 6) is 0. The van der Waals surface area contributed by atoms with Crippen LogP contribution in [0.1, 0.15) is 66.7 Å². The van der Waals surface area contributed by atoms with Crippen molar-refractivity contribution in [3.05, 3.63) is 11.6 Å². The molecule has 0 aromatic carbocycles. The highest BCUT2D eigenvalue weighted by molar-refractivity contribution is 5.12. The van der Waals surface area contributed by atoms with Gasteiger partial charge < -0.3 is 0 Å². The second-order valence-corrected chi connectivity index (χ2v) is 6.51. The van der Waals surface area contributed by atoms with Gasteiger partial charge in [-0.2, -0.15) is 0 Å². The van der Waals surface area contributed by atoms with Crippen molar-refractivity contribution in [2.45, 2.75) is 66.7 Å². The molecule has 1 fully saturated rings. The van der Waals surface area contributed by atoms with Crippen molar-refractivity contribution in [2.24, 2.45) is 10.8 Å². The molecule has 0 amide bonds. The minimum Gasteiger partial charge on any atom is -0.0853 e. The third-order valence-electron chi connectivity index (χ3n) is 3.09. The first kappa shape index (κ1) is 11.8. The van der Waals surface area contributed by atoms with E-state index in [1.165, 1.54) is 32.1 Å². The molecule has 0 nitrogen and oxygen atoms in total. The molecule has 0 bridgehead atoms. The fourth-order valence-corrected chi connectivity index (χ4v) is 3.21. The Morgan fingerprint density at radius 3 is 2.00 bits per heavy atom. The highest BCUT2D eigenvalue weighted by Gasteiger charge is 2.35. The second-order valence-electron chi connectivity index (χ2n) is 6.51. The first-order chi connectivity index (χ1) is 6.35. The van der Waals surface area contributed by atoms with Gasteiger partial charge in [-0.25, -0.2) is 0 Å². The first-order valence-electron chi connectivity index (χ1n) is 6.03. The third-order valence-corrected chi connectivity index (χ3v) is 3.09. The van der Waals surface area contributed by atoms with E-state index >= 15 is 0 Å². The molecular weight excluding hydrogens is 168 g/mol. The molecule has 1 aliphatic rings. The number of allylic oxidation sites excluding steroid dienone is 2. The molecule has 0 unspecified atom stereocenters. The Morgan fingerprint density at radius 2 is 1.57 bits per heavy atom. The molecule has 0 saturated heterocycles. The summed E-state index contributed by atoms with van der Waals surface area (Å²) in [7, 11) is 0. The molecule has 0 heterocycles. The fourth-order valence-electron chi connectivity index (χ4n) is 3.21. The van der Waals surface area contributed by atoms with Crippen molar-refractivity contribution in [3.63, 3.8) is 0 Å². The average Bonchev–Trinajstić information content (AvgIpc) is 1.94. The predicted molar refractivity (Wildman–Crippen MR) is 64.4 cm³/mol. The molecule has 0 atom stereocenters. The van der Waals surface area contributed by atoms with Gasteiger partial charge in [-0.3, -0.25) is 0 Å². The van der Waals surface area contributed by atoms with Crippen LogP contribution in [0.4, 0.5) is 0 Å². The monoisotopic (exact) mass is 194 g/mol. The van der Waals surface area contributed by atoms with Gasteiger partial charge in [0.1, 0.15) is 0 Å². The first-order valence-corrected chi connectivity index (χ1v) is 6.03. The van der Waals surface area contributed by atoms with Gasteiger partial charge in [-0.15, -0.1) is 0 Å². The van der Waals surface area contributed by atoms with E-state index in [9.17, 15) is 0 Å². The summed E-state index contributed by atoms with van der Waals surface area (Å²) in [4.78, 5) is 0. The summed E-state index contributed by atoms with van der Waals surface area (Å²) in [5, 5.41) is 0. The second kappa shape index (κ2) is 4.08. The van der Waals surface area contributed by atoms with Crippen LogP contribution in [0.3, 0.4) is 0 Å². The zero-order valence-electron chi connectivity index (χ0n) is 10.6. The molecule has 0 aliphatic heterocycles. The lowest BCUT2D eigenvalue weighted by atomic mass is 9.63. The Kier molecular flexibility index (Phi) is 3.44. The molecule has 0 N–H and O–H groups in total. The van der Waals surface area contributed by atoms with Crippen molar-refractivity contribution in [1.29, 1.82) is 0 Å². The Bertz CT molecular complexity index is 200. The van der Waals surface area contributed by atoms with Crippen LogP contribution in [0.5, 0.6) is 0 Å². The van der Waals surface area contributed by atoms with Crippen LogP contribution in [0.2, 0.25) is 0 Å². The quantitative estimate of drug-likeness (QED) is 0.546. The molecule has 14 heavy (non-hydrogen) atoms. The lowest BCUT2D eigenvalue weighted by Gasteiger charge is -2.42. The van der Waals surface area contributed by atoms with Gasteiger partial charge >= 0.3 is 0 Å². The molecule has 0 aromatic heterocycles. The smallest absolute Gasteiger partial charge is 0.0268 e. The largest absolute Gasteiger partial charge is 0.0853 e. The Hall–Kier alpha value is -0.260. The zero-order valence-corrected chi connectivity index (χ0v) is 10.6. The van der Waals surface area contributed by atoms with Crippen LogP contribution in [0.15, 0.2) is 11.6 Å². The van der Waals surface area contributed by atoms with Gasteiger partial charge in [0, 0.05) is 0 Å². The van der Waals surface area contributed by atoms with Gasteiger partial charge in [0.25, 0.3) is 0 Å². The Morgan fingerprint density at radius 1 is 1.07 bits per heavy atom. The number of rotatable bonds is 2. The van der Waals surface area contributed by atoms with Gasteiger partial charge in [0.2, 0.25) is 0 Å². The summed E-state index contributed by atoms with van der Waals surface area (Å²) in [6.45, 7) is 11.9. The topological polar surface area (TPSA) is 0 Å². The predicted octanol–water partition coefficient (Wildman–Crippen LogP) is 4.95. The van der Waals surface area contributed by atoms with E-state index in [2.05, 4.69) is 40.7 Å². The fraction of sp³-hybridized carbons (Fsp3) is 0.857. The summed E-state index contributed by atoms with van der Waals surface area (Å²) >= 11 is 0. The van der Waals surface area contributed by atoms with Crippen molar-refractivity contribution in [2.75, 3.05) is 0 Å². The lowest BCUT2D eigenvalue weighted by molar-refractivity contribution is 0.153. The molecule has 82 valence electrons. The molecular formula is C14H26. The van der Waals surface area contributed by atoms with Crippen LogP contribution in [0.25, 0.3) is 0 Å². The molecule has 1 rings (SSSR count). The lowest BCUT2D eigenvalue weighted by Crippen LogP contribution is -2.29. The van der Waals surface area contributed by atoms with E-state index < -0.39 is 0 Å². The SMILES string of the molecule is CCCC=C1CC(C)(C)CC(C)(C)C1. The van der Waals surface area contributed by atoms with Crippen molar-refractivity contribution in [1.82, 2.24) is 0 Å². The van der Waals surface area contributed by atoms with Crippen LogP contribution in [-0.4, -0.2) is 0 Å². The normalized spacial score (nSPS) is 24.8. The van der Waals surface area contributed by atoms with E-state index in [0.29, 0.717) is 10.8 Å². The third kappa shape index (κ3) is 3.48. The molecule has 0 spiro atoms. The maximum absolute atomic E-state index is 2.49. The van der Waals surface area contributed by atoms with Crippen molar-refractivity contribution >= 4 is 0 Å². The summed E-state index contributed by atoms with van der Waals surface area (Å²) in [6, 6.07) is 0. The van der Waals surface area contributed by atoms with E-state index in [1.807, 2.05) is 0 Å². The highest BCUT2D eigenvalue weighted by atomic mass is 14.4. The number of unbranched alkanes of at least 4 members (excludes halogenated alkanes) is 1. The van der Waals surface area contributed by atoms with E-state index in [0.717, 1.165) is 0 Å². The van der Waals surface area contributed by atoms with Crippen LogP contribution in [-0.2, 0) is 0 Å². The Labute approximate surface area is 89.8 Å². The molecule has 0 aromatic rings. The van der Waals surface area contributed by atoms with Crippen LogP contribution >= 0.6 is 0 Å². The molecule has 0 radical (unpaired) electrons. The van der Waals surface area contributed by atoms with E-state index in [1.54, 1.807) is 5.57 Å². The van der Waals surface area contributed by atoms with Crippen LogP contribution < -0.4 is 0 Å². The summed E-state index contributed by atoms with van der Waals surface area (Å²) < 4.78 is 0. The van der Waals surface area contributed by atoms with Gasteiger partial charge in [-0.05, 0) is 36.5 Å². The molecule has 1 aliphatic carbocycles. The number of hydrogen-bond acceptors (Lipinski definition) is 0. The minimum atomic E-state index is 0.515. The van der Waals surface area contributed by atoms with Gasteiger partial charge in [-0.1, -0.05) is 52.7 Å². The summed E-state index contributed by atoms with van der Waals surface area (Å²) in [6.07, 6.45) is 9.03. The van der Waals surface area contributed by atoms with Crippen molar-refractivity contribution in [3.8, 4) is 0 Å². The van der Waals surface area contributed by atoms with Gasteiger partial charge in [0.15, 0.2) is 0 Å². The maximum atomic E-state index is 2.49. The van der Waals surface area contributed by atoms with Crippen LogP contribution in [0, 0.1) is 10.8 Å². The minimum absolute atomic E-state index is 0.515. The zero-order chi connectivity index (χ0) is 10.8. The standard InChI is InChI=1S/C14H26/c1-6-7-8-12-9-13(2,3)11-14(4,5)10-12/h8H,6-7,9-11H2,1-5H3.